The lowest BCUT2D eigenvalue weighted by Crippen LogP contribution is -2.24. The third kappa shape index (κ3) is 2.77. The summed E-state index contributed by atoms with van der Waals surface area (Å²) in [7, 11) is 1.73. The van der Waals surface area contributed by atoms with Gasteiger partial charge in [-0.25, -0.2) is 4.39 Å². The average molecular weight is 338 g/mol. The Kier molecular flexibility index (Phi) is 3.76. The number of rotatable bonds is 3. The largest absolute Gasteiger partial charge is 0.339 e. The Morgan fingerprint density at radius 1 is 1.16 bits per heavy atom. The zero-order chi connectivity index (χ0) is 17.4. The number of amides is 1. The number of carbonyl (C=O) groups excluding carboxylic acids is 1. The fourth-order valence-electron chi connectivity index (χ4n) is 3.21. The molecule has 25 heavy (non-hydrogen) atoms. The van der Waals surface area contributed by atoms with Crippen molar-refractivity contribution in [2.75, 3.05) is 7.05 Å². The lowest BCUT2D eigenvalue weighted by molar-refractivity contribution is -0.127. The molecule has 1 aromatic carbocycles. The molecule has 1 aliphatic heterocycles. The summed E-state index contributed by atoms with van der Waals surface area (Å²) in [5.74, 6) is 0.259. The number of nitrogens with zero attached hydrogens (tertiary/aromatic N) is 4. The highest BCUT2D eigenvalue weighted by molar-refractivity contribution is 5.80. The van der Waals surface area contributed by atoms with Crippen LogP contribution < -0.4 is 0 Å². The number of likely N-dealkylation sites (tertiary alicyclic amines) is 1. The van der Waals surface area contributed by atoms with Gasteiger partial charge in [0.05, 0.1) is 12.0 Å². The van der Waals surface area contributed by atoms with Gasteiger partial charge in [0.25, 0.3) is 0 Å². The molecule has 1 saturated heterocycles. The average Bonchev–Trinajstić information content (AvgIpc) is 3.23. The molecule has 1 aliphatic rings. The first-order chi connectivity index (χ1) is 12.1. The number of hydrogen-bond donors (Lipinski definition) is 0. The van der Waals surface area contributed by atoms with E-state index in [0.717, 1.165) is 11.1 Å². The minimum atomic E-state index is -0.315. The van der Waals surface area contributed by atoms with Crippen LogP contribution in [0, 0.1) is 5.82 Å². The Hall–Kier alpha value is -3.09. The van der Waals surface area contributed by atoms with Gasteiger partial charge in [0, 0.05) is 31.4 Å². The van der Waals surface area contributed by atoms with E-state index in [1.165, 1.54) is 12.1 Å². The van der Waals surface area contributed by atoms with E-state index >= 15 is 0 Å². The molecule has 4 rings (SSSR count). The van der Waals surface area contributed by atoms with Gasteiger partial charge in [-0.05, 0) is 29.8 Å². The first kappa shape index (κ1) is 15.4. The predicted octanol–water partition coefficient (Wildman–Crippen LogP) is 2.96. The second kappa shape index (κ2) is 6.08. The van der Waals surface area contributed by atoms with Crippen molar-refractivity contribution in [1.29, 1.82) is 0 Å². The fraction of sp³-hybridized carbons (Fsp3) is 0.222. The second-order valence-corrected chi connectivity index (χ2v) is 6.00. The highest BCUT2D eigenvalue weighted by Crippen LogP contribution is 2.43. The van der Waals surface area contributed by atoms with Crippen molar-refractivity contribution in [3.8, 4) is 11.4 Å². The highest BCUT2D eigenvalue weighted by atomic mass is 19.1. The third-order valence-electron chi connectivity index (χ3n) is 4.50. The van der Waals surface area contributed by atoms with Crippen LogP contribution in [0.15, 0.2) is 53.3 Å². The number of aromatic nitrogens is 3. The van der Waals surface area contributed by atoms with Crippen molar-refractivity contribution in [2.24, 2.45) is 0 Å². The SMILES string of the molecule is CN1C(=O)C[C@H](c2nc(-c3ccncc3)no2)[C@H]1c1ccc(F)cc1. The van der Waals surface area contributed by atoms with Crippen LogP contribution in [-0.2, 0) is 4.79 Å². The van der Waals surface area contributed by atoms with Gasteiger partial charge in [-0.1, -0.05) is 17.3 Å². The number of benzene rings is 1. The Bertz CT molecular complexity index is 895. The lowest BCUT2D eigenvalue weighted by Gasteiger charge is -2.23. The van der Waals surface area contributed by atoms with Crippen LogP contribution >= 0.6 is 0 Å². The van der Waals surface area contributed by atoms with Crippen molar-refractivity contribution in [3.63, 3.8) is 0 Å². The molecule has 0 radical (unpaired) electrons. The van der Waals surface area contributed by atoms with E-state index in [4.69, 9.17) is 4.52 Å². The number of likely N-dealkylation sites (N-methyl/N-ethyl adjacent to an activating group) is 1. The molecule has 3 aromatic rings. The molecule has 2 aromatic heterocycles. The Morgan fingerprint density at radius 2 is 1.88 bits per heavy atom. The van der Waals surface area contributed by atoms with Crippen molar-refractivity contribution >= 4 is 5.91 Å². The molecule has 0 bridgehead atoms. The number of hydrogen-bond acceptors (Lipinski definition) is 5. The summed E-state index contributed by atoms with van der Waals surface area (Å²) >= 11 is 0. The summed E-state index contributed by atoms with van der Waals surface area (Å²) in [6.45, 7) is 0. The zero-order valence-corrected chi connectivity index (χ0v) is 13.5. The summed E-state index contributed by atoms with van der Waals surface area (Å²) < 4.78 is 18.7. The summed E-state index contributed by atoms with van der Waals surface area (Å²) in [6.07, 6.45) is 3.58. The second-order valence-electron chi connectivity index (χ2n) is 6.00. The van der Waals surface area contributed by atoms with Gasteiger partial charge in [-0.2, -0.15) is 4.98 Å². The van der Waals surface area contributed by atoms with Crippen molar-refractivity contribution < 1.29 is 13.7 Å². The number of carbonyl (C=O) groups is 1. The van der Waals surface area contributed by atoms with Crippen LogP contribution in [0.2, 0.25) is 0 Å². The monoisotopic (exact) mass is 338 g/mol. The van der Waals surface area contributed by atoms with Gasteiger partial charge in [0.1, 0.15) is 5.82 Å². The maximum Gasteiger partial charge on any atom is 0.233 e. The Balaban J connectivity index is 1.69. The summed E-state index contributed by atoms with van der Waals surface area (Å²) in [5, 5.41) is 4.02. The van der Waals surface area contributed by atoms with E-state index in [1.807, 2.05) is 0 Å². The van der Waals surface area contributed by atoms with Gasteiger partial charge in [-0.3, -0.25) is 9.78 Å². The molecule has 0 spiro atoms. The van der Waals surface area contributed by atoms with Crippen LogP contribution in [0.1, 0.15) is 29.8 Å². The zero-order valence-electron chi connectivity index (χ0n) is 13.5. The first-order valence-corrected chi connectivity index (χ1v) is 7.88. The molecule has 7 heteroatoms. The molecule has 1 fully saturated rings. The molecule has 1 amide bonds. The quantitative estimate of drug-likeness (QED) is 0.734. The molecule has 6 nitrogen and oxygen atoms in total. The van der Waals surface area contributed by atoms with E-state index < -0.39 is 0 Å². The predicted molar refractivity (Wildman–Crippen MR) is 86.8 cm³/mol. The standard InChI is InChI=1S/C18H15FN4O2/c1-23-15(24)10-14(16(23)11-2-4-13(19)5-3-11)18-21-17(22-25-18)12-6-8-20-9-7-12/h2-9,14,16H,10H2,1H3/t14-,16+/m0/s1. The van der Waals surface area contributed by atoms with Gasteiger partial charge in [-0.15, -0.1) is 0 Å². The molecule has 3 heterocycles. The number of halogens is 1. The van der Waals surface area contributed by atoms with Gasteiger partial charge in [0.2, 0.25) is 17.6 Å². The molecule has 0 saturated carbocycles. The maximum atomic E-state index is 13.2. The first-order valence-electron chi connectivity index (χ1n) is 7.88. The van der Waals surface area contributed by atoms with Crippen LogP contribution in [0.25, 0.3) is 11.4 Å². The smallest absolute Gasteiger partial charge is 0.233 e. The van der Waals surface area contributed by atoms with E-state index in [0.29, 0.717) is 11.7 Å². The third-order valence-corrected chi connectivity index (χ3v) is 4.50. The minimum Gasteiger partial charge on any atom is -0.339 e. The van der Waals surface area contributed by atoms with Crippen LogP contribution in [0.5, 0.6) is 0 Å². The van der Waals surface area contributed by atoms with Crippen molar-refractivity contribution in [1.82, 2.24) is 20.0 Å². The van der Waals surface area contributed by atoms with Gasteiger partial charge < -0.3 is 9.42 Å². The van der Waals surface area contributed by atoms with Gasteiger partial charge >= 0.3 is 0 Å². The summed E-state index contributed by atoms with van der Waals surface area (Å²) in [4.78, 5) is 22.3. The van der Waals surface area contributed by atoms with E-state index in [9.17, 15) is 9.18 Å². The van der Waals surface area contributed by atoms with E-state index in [-0.39, 0.29) is 30.1 Å². The fourth-order valence-corrected chi connectivity index (χ4v) is 3.21. The Morgan fingerprint density at radius 3 is 2.60 bits per heavy atom. The molecular weight excluding hydrogens is 323 g/mol. The maximum absolute atomic E-state index is 13.2. The molecule has 0 aliphatic carbocycles. The molecule has 0 N–H and O–H groups in total. The topological polar surface area (TPSA) is 72.1 Å². The molecule has 2 atom stereocenters. The lowest BCUT2D eigenvalue weighted by atomic mass is 9.93. The van der Waals surface area contributed by atoms with E-state index in [2.05, 4.69) is 15.1 Å². The van der Waals surface area contributed by atoms with E-state index in [1.54, 1.807) is 48.6 Å². The molecular formula is C18H15FN4O2. The van der Waals surface area contributed by atoms with Crippen molar-refractivity contribution in [2.45, 2.75) is 18.4 Å². The minimum absolute atomic E-state index is 0.0111. The van der Waals surface area contributed by atoms with Crippen LogP contribution in [-0.4, -0.2) is 33.0 Å². The highest BCUT2D eigenvalue weighted by Gasteiger charge is 2.42. The summed E-state index contributed by atoms with van der Waals surface area (Å²) in [6, 6.07) is 9.46. The normalized spacial score (nSPS) is 20.2. The molecule has 0 unspecified atom stereocenters. The van der Waals surface area contributed by atoms with Crippen LogP contribution in [0.4, 0.5) is 4.39 Å². The summed E-state index contributed by atoms with van der Waals surface area (Å²) in [5.41, 5.74) is 1.63. The van der Waals surface area contributed by atoms with Crippen molar-refractivity contribution in [3.05, 3.63) is 66.1 Å². The van der Waals surface area contributed by atoms with Crippen LogP contribution in [0.3, 0.4) is 0 Å². The molecule has 126 valence electrons. The Labute approximate surface area is 143 Å². The number of pyridine rings is 1. The van der Waals surface area contributed by atoms with Gasteiger partial charge in [0.15, 0.2) is 0 Å².